The number of benzene rings is 1. The normalized spacial score (nSPS) is 12.6. The Balaban J connectivity index is 2.15. The van der Waals surface area contributed by atoms with Crippen molar-refractivity contribution in [1.82, 2.24) is 5.32 Å². The van der Waals surface area contributed by atoms with E-state index in [1.165, 1.54) is 19.8 Å². The summed E-state index contributed by atoms with van der Waals surface area (Å²) in [4.78, 5) is 2.70. The summed E-state index contributed by atoms with van der Waals surface area (Å²) in [6, 6.07) is 11.3. The minimum absolute atomic E-state index is 0.371. The number of rotatable bonds is 5. The standard InChI is InChI=1S/C14H16BrNS2/c1-16-13(9-14-12(15)7-8-18-14)10-3-5-11(17-2)6-4-10/h3-8,13,16H,9H2,1-2H3. The quantitative estimate of drug-likeness (QED) is 0.788. The number of likely N-dealkylation sites (N-methyl/N-ethyl adjacent to an activating group) is 1. The van der Waals surface area contributed by atoms with Gasteiger partial charge in [-0.05, 0) is 58.4 Å². The van der Waals surface area contributed by atoms with Gasteiger partial charge in [-0.15, -0.1) is 23.1 Å². The van der Waals surface area contributed by atoms with Gasteiger partial charge in [0.05, 0.1) is 0 Å². The zero-order valence-corrected chi connectivity index (χ0v) is 13.7. The van der Waals surface area contributed by atoms with Crippen LogP contribution < -0.4 is 5.32 Å². The summed E-state index contributed by atoms with van der Waals surface area (Å²) in [7, 11) is 2.02. The number of nitrogens with one attached hydrogen (secondary N) is 1. The third-order valence-corrected chi connectivity index (χ3v) is 5.64. The molecule has 0 aliphatic heterocycles. The molecule has 1 aromatic heterocycles. The molecule has 2 rings (SSSR count). The van der Waals surface area contributed by atoms with Gasteiger partial charge in [0.15, 0.2) is 0 Å². The Kier molecular flexibility index (Phi) is 5.30. The van der Waals surface area contributed by atoms with E-state index in [1.54, 1.807) is 23.1 Å². The molecule has 0 spiro atoms. The molecule has 0 aliphatic carbocycles. The fraction of sp³-hybridized carbons (Fsp3) is 0.286. The van der Waals surface area contributed by atoms with Gasteiger partial charge in [-0.3, -0.25) is 0 Å². The van der Waals surface area contributed by atoms with Gasteiger partial charge >= 0.3 is 0 Å². The van der Waals surface area contributed by atoms with Crippen LogP contribution in [0.2, 0.25) is 0 Å². The highest BCUT2D eigenvalue weighted by molar-refractivity contribution is 9.10. The molecule has 1 unspecified atom stereocenters. The molecule has 2 aromatic rings. The second kappa shape index (κ2) is 6.75. The Hall–Kier alpha value is -0.290. The van der Waals surface area contributed by atoms with Crippen LogP contribution in [-0.4, -0.2) is 13.3 Å². The zero-order chi connectivity index (χ0) is 13.0. The molecule has 1 heterocycles. The van der Waals surface area contributed by atoms with E-state index < -0.39 is 0 Å². The van der Waals surface area contributed by atoms with Crippen LogP contribution >= 0.6 is 39.0 Å². The van der Waals surface area contributed by atoms with Crippen LogP contribution in [0, 0.1) is 0 Å². The molecular formula is C14H16BrNS2. The lowest BCUT2D eigenvalue weighted by atomic mass is 10.0. The molecule has 0 saturated carbocycles. The van der Waals surface area contributed by atoms with Crippen molar-refractivity contribution in [3.63, 3.8) is 0 Å². The second-order valence-corrected chi connectivity index (χ2v) is 6.74. The fourth-order valence-electron chi connectivity index (χ4n) is 1.88. The molecule has 1 aromatic carbocycles. The van der Waals surface area contributed by atoms with Crippen molar-refractivity contribution in [1.29, 1.82) is 0 Å². The summed E-state index contributed by atoms with van der Waals surface area (Å²) >= 11 is 7.18. The molecule has 1 nitrogen and oxygen atoms in total. The van der Waals surface area contributed by atoms with Gasteiger partial charge in [-0.2, -0.15) is 0 Å². The van der Waals surface area contributed by atoms with Crippen molar-refractivity contribution in [3.05, 3.63) is 50.6 Å². The van der Waals surface area contributed by atoms with Crippen molar-refractivity contribution in [2.75, 3.05) is 13.3 Å². The average Bonchev–Trinajstić information content (AvgIpc) is 2.81. The Morgan fingerprint density at radius 2 is 2.00 bits per heavy atom. The van der Waals surface area contributed by atoms with Gasteiger partial charge in [-0.1, -0.05) is 12.1 Å². The van der Waals surface area contributed by atoms with Crippen molar-refractivity contribution < 1.29 is 0 Å². The van der Waals surface area contributed by atoms with E-state index in [0.29, 0.717) is 6.04 Å². The highest BCUT2D eigenvalue weighted by Gasteiger charge is 2.12. The Labute approximate surface area is 125 Å². The second-order valence-electron chi connectivity index (χ2n) is 4.01. The van der Waals surface area contributed by atoms with Gasteiger partial charge in [0, 0.05) is 26.7 Å². The van der Waals surface area contributed by atoms with Crippen molar-refractivity contribution in [3.8, 4) is 0 Å². The van der Waals surface area contributed by atoms with E-state index in [4.69, 9.17) is 0 Å². The Morgan fingerprint density at radius 1 is 1.28 bits per heavy atom. The van der Waals surface area contributed by atoms with Gasteiger partial charge in [0.2, 0.25) is 0 Å². The van der Waals surface area contributed by atoms with Gasteiger partial charge < -0.3 is 5.32 Å². The Bertz CT molecular complexity index is 493. The van der Waals surface area contributed by atoms with Crippen LogP contribution in [0.4, 0.5) is 0 Å². The average molecular weight is 342 g/mol. The summed E-state index contributed by atoms with van der Waals surface area (Å²) in [5, 5.41) is 5.53. The van der Waals surface area contributed by atoms with Gasteiger partial charge in [0.1, 0.15) is 0 Å². The van der Waals surface area contributed by atoms with E-state index >= 15 is 0 Å². The molecular weight excluding hydrogens is 326 g/mol. The van der Waals surface area contributed by atoms with Crippen molar-refractivity contribution in [2.45, 2.75) is 17.4 Å². The maximum Gasteiger partial charge on any atom is 0.0366 e. The lowest BCUT2D eigenvalue weighted by molar-refractivity contribution is 0.595. The number of halogens is 1. The molecule has 18 heavy (non-hydrogen) atoms. The minimum Gasteiger partial charge on any atom is -0.313 e. The van der Waals surface area contributed by atoms with Gasteiger partial charge in [0.25, 0.3) is 0 Å². The predicted molar refractivity (Wildman–Crippen MR) is 85.7 cm³/mol. The molecule has 0 fully saturated rings. The molecule has 1 N–H and O–H groups in total. The predicted octanol–water partition coefficient (Wildman–Crippen LogP) is 4.74. The number of hydrogen-bond acceptors (Lipinski definition) is 3. The summed E-state index contributed by atoms with van der Waals surface area (Å²) < 4.78 is 1.22. The van der Waals surface area contributed by atoms with E-state index in [2.05, 4.69) is 63.2 Å². The summed E-state index contributed by atoms with van der Waals surface area (Å²) in [5.41, 5.74) is 1.34. The largest absolute Gasteiger partial charge is 0.313 e. The molecule has 0 radical (unpaired) electrons. The van der Waals surface area contributed by atoms with Crippen LogP contribution in [-0.2, 0) is 6.42 Å². The smallest absolute Gasteiger partial charge is 0.0366 e. The lowest BCUT2D eigenvalue weighted by Gasteiger charge is -2.16. The van der Waals surface area contributed by atoms with Crippen LogP contribution in [0.25, 0.3) is 0 Å². The molecule has 0 bridgehead atoms. The number of thioether (sulfide) groups is 1. The van der Waals surface area contributed by atoms with Crippen LogP contribution in [0.3, 0.4) is 0 Å². The SMILES string of the molecule is CNC(Cc1sccc1Br)c1ccc(SC)cc1. The monoisotopic (exact) mass is 341 g/mol. The third-order valence-electron chi connectivity index (χ3n) is 2.95. The maximum absolute atomic E-state index is 3.60. The molecule has 96 valence electrons. The topological polar surface area (TPSA) is 12.0 Å². The molecule has 0 aliphatic rings. The minimum atomic E-state index is 0.371. The fourth-order valence-corrected chi connectivity index (χ4v) is 3.85. The van der Waals surface area contributed by atoms with E-state index in [0.717, 1.165) is 6.42 Å². The first-order chi connectivity index (χ1) is 8.74. The highest BCUT2D eigenvalue weighted by atomic mass is 79.9. The van der Waals surface area contributed by atoms with Gasteiger partial charge in [-0.25, -0.2) is 0 Å². The van der Waals surface area contributed by atoms with Crippen molar-refractivity contribution >= 4 is 39.0 Å². The summed E-state index contributed by atoms with van der Waals surface area (Å²) in [6.07, 6.45) is 3.13. The van der Waals surface area contributed by atoms with Crippen molar-refractivity contribution in [2.24, 2.45) is 0 Å². The van der Waals surface area contributed by atoms with Crippen LogP contribution in [0.1, 0.15) is 16.5 Å². The highest BCUT2D eigenvalue weighted by Crippen LogP contribution is 2.28. The van der Waals surface area contributed by atoms with Crippen LogP contribution in [0.15, 0.2) is 45.1 Å². The van der Waals surface area contributed by atoms with E-state index in [9.17, 15) is 0 Å². The molecule has 0 saturated heterocycles. The maximum atomic E-state index is 3.60. The zero-order valence-electron chi connectivity index (χ0n) is 10.4. The first kappa shape index (κ1) is 14.1. The number of thiophene rings is 1. The Morgan fingerprint density at radius 3 is 2.50 bits per heavy atom. The molecule has 0 amide bonds. The van der Waals surface area contributed by atoms with E-state index in [1.807, 2.05) is 7.05 Å². The third kappa shape index (κ3) is 3.38. The summed E-state index contributed by atoms with van der Waals surface area (Å²) in [6.45, 7) is 0. The first-order valence-corrected chi connectivity index (χ1v) is 8.67. The number of hydrogen-bond donors (Lipinski definition) is 1. The molecule has 1 atom stereocenters. The van der Waals surface area contributed by atoms with E-state index in [-0.39, 0.29) is 0 Å². The molecule has 4 heteroatoms. The summed E-state index contributed by atoms with van der Waals surface area (Å²) in [5.74, 6) is 0. The lowest BCUT2D eigenvalue weighted by Crippen LogP contribution is -2.18. The first-order valence-electron chi connectivity index (χ1n) is 5.77. The van der Waals surface area contributed by atoms with Crippen LogP contribution in [0.5, 0.6) is 0 Å².